The van der Waals surface area contributed by atoms with E-state index in [0.717, 1.165) is 16.7 Å². The number of nitrogens with one attached hydrogen (secondary N) is 1. The van der Waals surface area contributed by atoms with Gasteiger partial charge in [0.2, 0.25) is 0 Å². The minimum Gasteiger partial charge on any atom is -0.490 e. The van der Waals surface area contributed by atoms with Crippen LogP contribution in [0.3, 0.4) is 0 Å². The highest BCUT2D eigenvalue weighted by molar-refractivity contribution is 6.09. The van der Waals surface area contributed by atoms with Gasteiger partial charge in [-0.25, -0.2) is 4.79 Å². The fourth-order valence-corrected chi connectivity index (χ4v) is 4.84. The molecule has 0 unspecified atom stereocenters. The van der Waals surface area contributed by atoms with E-state index in [0.29, 0.717) is 28.3 Å². The molecule has 3 amide bonds. The van der Waals surface area contributed by atoms with Crippen LogP contribution in [0.5, 0.6) is 5.75 Å². The standard InChI is InChI=1S/C38H41N3O7/c1-26-14-16-27(17-15-26)30-10-6-7-11-31(30)35(44)39-29-20-18-28(19-21-29)36(45)40(5)32-12-8-9-13-33(32)47-25-24-41(23-22-34(42)43)37(46)48-38(2,3)4/h6-21H,22-25H2,1-5H3,(H,39,44)(H,42,43). The van der Waals surface area contributed by atoms with Crippen LogP contribution in [-0.4, -0.2) is 66.2 Å². The van der Waals surface area contributed by atoms with Gasteiger partial charge >= 0.3 is 12.1 Å². The highest BCUT2D eigenvalue weighted by Gasteiger charge is 2.23. The summed E-state index contributed by atoms with van der Waals surface area (Å²) in [5, 5.41) is 12.0. The molecule has 0 saturated carbocycles. The Morgan fingerprint density at radius 2 is 1.46 bits per heavy atom. The zero-order valence-corrected chi connectivity index (χ0v) is 27.9. The molecule has 0 aliphatic heterocycles. The Bertz CT molecular complexity index is 1750. The third-order valence-corrected chi connectivity index (χ3v) is 7.32. The fourth-order valence-electron chi connectivity index (χ4n) is 4.84. The Kier molecular flexibility index (Phi) is 11.6. The van der Waals surface area contributed by atoms with Gasteiger partial charge in [-0.15, -0.1) is 0 Å². The molecular formula is C38H41N3O7. The summed E-state index contributed by atoms with van der Waals surface area (Å²) in [6.07, 6.45) is -0.876. The average molecular weight is 652 g/mol. The molecule has 0 radical (unpaired) electrons. The first kappa shape index (κ1) is 35.2. The summed E-state index contributed by atoms with van der Waals surface area (Å²) in [4.78, 5) is 53.3. The monoisotopic (exact) mass is 651 g/mol. The second-order valence-corrected chi connectivity index (χ2v) is 12.2. The van der Waals surface area contributed by atoms with Gasteiger partial charge in [-0.1, -0.05) is 60.2 Å². The maximum atomic E-state index is 13.5. The number of aliphatic carboxylic acids is 1. The predicted molar refractivity (Wildman–Crippen MR) is 186 cm³/mol. The van der Waals surface area contributed by atoms with Crippen LogP contribution in [0.25, 0.3) is 11.1 Å². The quantitative estimate of drug-likeness (QED) is 0.165. The van der Waals surface area contributed by atoms with Crippen LogP contribution in [0.1, 0.15) is 53.5 Å². The molecule has 4 rings (SSSR count). The molecule has 10 heteroatoms. The van der Waals surface area contributed by atoms with Crippen LogP contribution in [0, 0.1) is 6.92 Å². The topological polar surface area (TPSA) is 125 Å². The van der Waals surface area contributed by atoms with Gasteiger partial charge in [0.1, 0.15) is 18.0 Å². The minimum absolute atomic E-state index is 0.0383. The Labute approximate surface area is 280 Å². The van der Waals surface area contributed by atoms with Crippen LogP contribution in [0.2, 0.25) is 0 Å². The number of hydrogen-bond donors (Lipinski definition) is 2. The van der Waals surface area contributed by atoms with Crippen LogP contribution in [-0.2, 0) is 9.53 Å². The summed E-state index contributed by atoms with van der Waals surface area (Å²) in [7, 11) is 1.63. The lowest BCUT2D eigenvalue weighted by molar-refractivity contribution is -0.137. The smallest absolute Gasteiger partial charge is 0.410 e. The van der Waals surface area contributed by atoms with Gasteiger partial charge in [-0.3, -0.25) is 14.4 Å². The number of benzene rings is 4. The molecule has 48 heavy (non-hydrogen) atoms. The van der Waals surface area contributed by atoms with Crippen molar-refractivity contribution in [2.45, 2.75) is 39.7 Å². The molecule has 0 bridgehead atoms. The summed E-state index contributed by atoms with van der Waals surface area (Å²) < 4.78 is 11.4. The van der Waals surface area contributed by atoms with Crippen molar-refractivity contribution in [2.75, 3.05) is 37.0 Å². The van der Waals surface area contributed by atoms with Crippen LogP contribution in [0.15, 0.2) is 97.1 Å². The molecular weight excluding hydrogens is 610 g/mol. The van der Waals surface area contributed by atoms with E-state index < -0.39 is 17.7 Å². The van der Waals surface area contributed by atoms with Crippen molar-refractivity contribution in [3.05, 3.63) is 114 Å². The Morgan fingerprint density at radius 1 is 0.812 bits per heavy atom. The molecule has 0 spiro atoms. The predicted octanol–water partition coefficient (Wildman–Crippen LogP) is 7.28. The number of hydrogen-bond acceptors (Lipinski definition) is 6. The SMILES string of the molecule is Cc1ccc(-c2ccccc2C(=O)Nc2ccc(C(=O)N(C)c3ccccc3OCCN(CCC(=O)O)C(=O)OC(C)(C)C)cc2)cc1. The van der Waals surface area contributed by atoms with Crippen molar-refractivity contribution in [1.29, 1.82) is 0 Å². The van der Waals surface area contributed by atoms with Crippen molar-refractivity contribution in [3.63, 3.8) is 0 Å². The van der Waals surface area contributed by atoms with E-state index >= 15 is 0 Å². The third kappa shape index (κ3) is 9.68. The third-order valence-electron chi connectivity index (χ3n) is 7.32. The first-order valence-corrected chi connectivity index (χ1v) is 15.6. The molecule has 0 aliphatic rings. The molecule has 4 aromatic carbocycles. The summed E-state index contributed by atoms with van der Waals surface area (Å²) in [6.45, 7) is 7.29. The maximum absolute atomic E-state index is 13.5. The molecule has 10 nitrogen and oxygen atoms in total. The summed E-state index contributed by atoms with van der Waals surface area (Å²) in [5.41, 5.74) is 4.13. The molecule has 0 aromatic heterocycles. The fraction of sp³-hybridized carbons (Fsp3) is 0.263. The Morgan fingerprint density at radius 3 is 2.12 bits per heavy atom. The average Bonchev–Trinajstić information content (AvgIpc) is 3.05. The summed E-state index contributed by atoms with van der Waals surface area (Å²) in [5.74, 6) is -1.19. The molecule has 0 heterocycles. The number of carboxylic acids is 1. The first-order valence-electron chi connectivity index (χ1n) is 15.6. The lowest BCUT2D eigenvalue weighted by Crippen LogP contribution is -2.40. The van der Waals surface area contributed by atoms with Gasteiger partial charge in [-0.05, 0) is 81.3 Å². The number of aryl methyl sites for hydroxylation is 1. The van der Waals surface area contributed by atoms with Crippen molar-refractivity contribution in [2.24, 2.45) is 0 Å². The van der Waals surface area contributed by atoms with Crippen molar-refractivity contribution < 1.29 is 33.8 Å². The number of para-hydroxylation sites is 2. The molecule has 2 N–H and O–H groups in total. The van der Waals surface area contributed by atoms with Crippen molar-refractivity contribution in [3.8, 4) is 16.9 Å². The number of carboxylic acid groups (broad SMARTS) is 1. The molecule has 0 saturated heterocycles. The molecule has 0 aliphatic carbocycles. The summed E-state index contributed by atoms with van der Waals surface area (Å²) >= 11 is 0. The van der Waals surface area contributed by atoms with Gasteiger partial charge in [0.25, 0.3) is 11.8 Å². The Balaban J connectivity index is 1.41. The summed E-state index contributed by atoms with van der Waals surface area (Å²) in [6, 6.07) is 29.0. The normalized spacial score (nSPS) is 10.9. The van der Waals surface area contributed by atoms with Crippen LogP contribution >= 0.6 is 0 Å². The number of carbonyl (C=O) groups excluding carboxylic acids is 3. The van der Waals surface area contributed by atoms with Crippen LogP contribution < -0.4 is 15.0 Å². The number of carbonyl (C=O) groups is 4. The largest absolute Gasteiger partial charge is 0.490 e. The van der Waals surface area contributed by atoms with E-state index in [1.54, 1.807) is 82.4 Å². The van der Waals surface area contributed by atoms with E-state index in [2.05, 4.69) is 5.32 Å². The maximum Gasteiger partial charge on any atom is 0.410 e. The number of rotatable bonds is 12. The molecule has 250 valence electrons. The second kappa shape index (κ2) is 15.8. The van der Waals surface area contributed by atoms with Gasteiger partial charge < -0.3 is 29.7 Å². The van der Waals surface area contributed by atoms with Crippen LogP contribution in [0.4, 0.5) is 16.2 Å². The lowest BCUT2D eigenvalue weighted by atomic mass is 9.98. The first-order chi connectivity index (χ1) is 22.8. The molecule has 0 fully saturated rings. The Hall–Kier alpha value is -5.64. The number of anilines is 2. The highest BCUT2D eigenvalue weighted by Crippen LogP contribution is 2.29. The van der Waals surface area contributed by atoms with E-state index in [1.807, 2.05) is 49.4 Å². The zero-order valence-electron chi connectivity index (χ0n) is 27.9. The van der Waals surface area contributed by atoms with Crippen molar-refractivity contribution in [1.82, 2.24) is 4.90 Å². The highest BCUT2D eigenvalue weighted by atomic mass is 16.6. The lowest BCUT2D eigenvalue weighted by Gasteiger charge is -2.27. The van der Waals surface area contributed by atoms with E-state index in [1.165, 1.54) is 9.80 Å². The van der Waals surface area contributed by atoms with E-state index in [-0.39, 0.29) is 37.9 Å². The van der Waals surface area contributed by atoms with Gasteiger partial charge in [0, 0.05) is 30.4 Å². The van der Waals surface area contributed by atoms with Gasteiger partial charge in [0.15, 0.2) is 0 Å². The molecule has 4 aromatic rings. The number of amides is 3. The van der Waals surface area contributed by atoms with Crippen molar-refractivity contribution >= 4 is 35.3 Å². The minimum atomic E-state index is -1.03. The van der Waals surface area contributed by atoms with E-state index in [4.69, 9.17) is 14.6 Å². The second-order valence-electron chi connectivity index (χ2n) is 12.2. The van der Waals surface area contributed by atoms with E-state index in [9.17, 15) is 19.2 Å². The zero-order chi connectivity index (χ0) is 34.8. The van der Waals surface area contributed by atoms with Gasteiger partial charge in [-0.2, -0.15) is 0 Å². The number of ether oxygens (including phenoxy) is 2. The number of nitrogens with zero attached hydrogens (tertiary/aromatic N) is 2. The molecule has 0 atom stereocenters. The van der Waals surface area contributed by atoms with Gasteiger partial charge in [0.05, 0.1) is 18.7 Å².